The summed E-state index contributed by atoms with van der Waals surface area (Å²) in [5.74, 6) is 0. The molecule has 2 aromatic heterocycles. The molecule has 326 valence electrons. The predicted octanol–water partition coefficient (Wildman–Crippen LogP) is 15.0. The molecule has 0 fully saturated rings. The molecule has 2 nitrogen and oxygen atoms in total. The first kappa shape index (κ1) is 39.1. The second-order valence-corrected chi connectivity index (χ2v) is 30.9. The van der Waals surface area contributed by atoms with Gasteiger partial charge in [0, 0.05) is 43.5 Å². The van der Waals surface area contributed by atoms with Crippen molar-refractivity contribution in [1.29, 1.82) is 0 Å². The predicted molar refractivity (Wildman–Crippen MR) is 291 cm³/mol. The van der Waals surface area contributed by atoms with Crippen molar-refractivity contribution in [3.8, 4) is 66.8 Å². The molecule has 0 saturated heterocycles. The van der Waals surface area contributed by atoms with Crippen LogP contribution < -0.4 is 20.7 Å². The zero-order valence-electron chi connectivity index (χ0n) is 39.8. The second kappa shape index (κ2) is 12.6. The minimum atomic E-state index is -2.39. The van der Waals surface area contributed by atoms with Gasteiger partial charge in [-0.25, -0.2) is 0 Å². The van der Waals surface area contributed by atoms with Crippen molar-refractivity contribution in [2.24, 2.45) is 0 Å². The third-order valence-electron chi connectivity index (χ3n) is 17.4. The van der Waals surface area contributed by atoms with Crippen molar-refractivity contribution < 1.29 is 8.83 Å². The molecule has 0 N–H and O–H groups in total. The number of fused-ring (bicyclic) bond motifs is 21. The van der Waals surface area contributed by atoms with E-state index in [0.717, 1.165) is 22.3 Å². The van der Waals surface area contributed by atoms with Crippen LogP contribution in [-0.4, -0.2) is 16.1 Å². The van der Waals surface area contributed by atoms with Crippen LogP contribution in [0.5, 0.6) is 0 Å². The molecule has 0 unspecified atom stereocenters. The van der Waals surface area contributed by atoms with Gasteiger partial charge in [-0.1, -0.05) is 187 Å². The molecule has 0 amide bonds. The van der Waals surface area contributed by atoms with E-state index in [1.54, 1.807) is 10.4 Å². The number of benzene rings is 9. The quantitative estimate of drug-likeness (QED) is 0.162. The Bertz CT molecular complexity index is 4150. The van der Waals surface area contributed by atoms with Gasteiger partial charge in [0.25, 0.3) is 0 Å². The summed E-state index contributed by atoms with van der Waals surface area (Å²) < 4.78 is 14.2. The zero-order chi connectivity index (χ0) is 46.0. The summed E-state index contributed by atoms with van der Waals surface area (Å²) in [5.41, 5.74) is 25.2. The van der Waals surface area contributed by atoms with Crippen LogP contribution in [0.3, 0.4) is 0 Å². The SMILES string of the molecule is CC1(C)c2ccccc2-c2cc(-c3cc4c(c5c3oc3ccccc35)-c3ccc5c(c3[Si]4(C)C)[Si](C)(C)c3cc(-c4ccc6c(c4)-c4ccccc4C6(C)C)c4c(oc6ccccc64)c3-5)ccc21. The van der Waals surface area contributed by atoms with Crippen molar-refractivity contribution in [3.05, 3.63) is 180 Å². The highest BCUT2D eigenvalue weighted by molar-refractivity contribution is 7.13. The molecule has 68 heavy (non-hydrogen) atoms. The Balaban J connectivity index is 0.974. The van der Waals surface area contributed by atoms with Crippen LogP contribution in [-0.2, 0) is 10.8 Å². The molecule has 0 atom stereocenters. The van der Waals surface area contributed by atoms with Gasteiger partial charge >= 0.3 is 0 Å². The molecule has 4 heterocycles. The molecule has 11 aromatic rings. The minimum absolute atomic E-state index is 0.0507. The van der Waals surface area contributed by atoms with Gasteiger partial charge in [-0.05, 0) is 123 Å². The largest absolute Gasteiger partial charge is 0.455 e. The van der Waals surface area contributed by atoms with Crippen molar-refractivity contribution in [1.82, 2.24) is 0 Å². The molecule has 0 spiro atoms. The van der Waals surface area contributed by atoms with Gasteiger partial charge < -0.3 is 8.83 Å². The Morgan fingerprint density at radius 1 is 0.353 bits per heavy atom. The highest BCUT2D eigenvalue weighted by Gasteiger charge is 2.50. The Hall–Kier alpha value is -6.99. The smallest absolute Gasteiger partial charge is 0.143 e. The summed E-state index contributed by atoms with van der Waals surface area (Å²) in [6, 6.07) is 60.0. The summed E-state index contributed by atoms with van der Waals surface area (Å²) >= 11 is 0. The maximum atomic E-state index is 7.17. The summed E-state index contributed by atoms with van der Waals surface area (Å²) in [5, 5.41) is 11.0. The zero-order valence-corrected chi connectivity index (χ0v) is 41.8. The molecule has 4 heteroatoms. The summed E-state index contributed by atoms with van der Waals surface area (Å²) in [4.78, 5) is 0. The van der Waals surface area contributed by atoms with Crippen molar-refractivity contribution in [2.75, 3.05) is 0 Å². The van der Waals surface area contributed by atoms with Crippen molar-refractivity contribution >= 4 is 80.8 Å². The van der Waals surface area contributed by atoms with Crippen molar-refractivity contribution in [3.63, 3.8) is 0 Å². The van der Waals surface area contributed by atoms with E-state index in [-0.39, 0.29) is 10.8 Å². The van der Waals surface area contributed by atoms with Crippen molar-refractivity contribution in [2.45, 2.75) is 64.7 Å². The Labute approximate surface area is 398 Å². The minimum Gasteiger partial charge on any atom is -0.455 e. The summed E-state index contributed by atoms with van der Waals surface area (Å²) in [7, 11) is -4.77. The normalized spacial score (nSPS) is 16.7. The summed E-state index contributed by atoms with van der Waals surface area (Å²) in [6.07, 6.45) is 0. The molecule has 9 aromatic carbocycles. The lowest BCUT2D eigenvalue weighted by molar-refractivity contribution is 0.660. The number of hydrogen-bond donors (Lipinski definition) is 0. The van der Waals surface area contributed by atoms with Gasteiger partial charge in [0.05, 0.1) is 0 Å². The van der Waals surface area contributed by atoms with Crippen LogP contribution in [0.15, 0.2) is 167 Å². The van der Waals surface area contributed by atoms with Crippen LogP contribution in [0.4, 0.5) is 0 Å². The van der Waals surface area contributed by atoms with E-state index in [1.807, 2.05) is 0 Å². The molecule has 0 saturated carbocycles. The lowest BCUT2D eigenvalue weighted by Crippen LogP contribution is -2.63. The first-order valence-corrected chi connectivity index (χ1v) is 30.4. The average Bonchev–Trinajstić information content (AvgIpc) is 4.13. The van der Waals surface area contributed by atoms with Gasteiger partial charge in [-0.15, -0.1) is 0 Å². The van der Waals surface area contributed by atoms with E-state index in [1.165, 1.54) is 121 Å². The van der Waals surface area contributed by atoms with E-state index in [4.69, 9.17) is 8.83 Å². The molecule has 15 rings (SSSR count). The van der Waals surface area contributed by atoms with E-state index in [0.29, 0.717) is 0 Å². The fourth-order valence-corrected chi connectivity index (χ4v) is 22.6. The topological polar surface area (TPSA) is 26.3 Å². The number of furan rings is 2. The van der Waals surface area contributed by atoms with Crippen LogP contribution in [0.2, 0.25) is 26.2 Å². The maximum absolute atomic E-state index is 7.17. The molecular weight excluding hydrogens is 857 g/mol. The third kappa shape index (κ3) is 4.59. The van der Waals surface area contributed by atoms with E-state index >= 15 is 0 Å². The second-order valence-electron chi connectivity index (χ2n) is 22.3. The Kier molecular flexibility index (Phi) is 7.21. The summed E-state index contributed by atoms with van der Waals surface area (Å²) in [6.45, 7) is 19.9. The monoisotopic (exact) mass is 906 g/mol. The maximum Gasteiger partial charge on any atom is 0.143 e. The lowest BCUT2D eigenvalue weighted by atomic mass is 9.82. The highest BCUT2D eigenvalue weighted by atomic mass is 28.3. The van der Waals surface area contributed by atoms with E-state index < -0.39 is 16.1 Å². The number of hydrogen-bond acceptors (Lipinski definition) is 2. The fourth-order valence-electron chi connectivity index (χ4n) is 14.1. The standard InChI is InChI=1S/C64H50O2Si2/c1-63(2)47-21-13-9-17-37(47)45-31-35(25-29-49(45)63)43-33-54-57(60-55(43)39-19-11-15-23-51(39)66-60)42-28-27-41-56-53(67(5,6)61(41)62(42)68(54,7)8)34-44(59-58(56)40-20-12-16-24-52(40)65-59)36-26-30-50-46(32-36)38-18-10-14-22-48(38)64(50,3)4/h9-34H,1-8H3. The van der Waals surface area contributed by atoms with E-state index in [9.17, 15) is 0 Å². The first-order valence-electron chi connectivity index (χ1n) is 24.4. The van der Waals surface area contributed by atoms with Gasteiger partial charge in [-0.2, -0.15) is 0 Å². The van der Waals surface area contributed by atoms with Gasteiger partial charge in [0.2, 0.25) is 0 Å². The lowest BCUT2D eigenvalue weighted by Gasteiger charge is -2.28. The third-order valence-corrected chi connectivity index (χ3v) is 24.7. The highest BCUT2D eigenvalue weighted by Crippen LogP contribution is 2.54. The van der Waals surface area contributed by atoms with E-state index in [2.05, 4.69) is 212 Å². The van der Waals surface area contributed by atoms with Crippen LogP contribution >= 0.6 is 0 Å². The fraction of sp³-hybridized carbons (Fsp3) is 0.156. The van der Waals surface area contributed by atoms with Crippen LogP contribution in [0, 0.1) is 0 Å². The van der Waals surface area contributed by atoms with Gasteiger partial charge in [0.1, 0.15) is 38.5 Å². The first-order chi connectivity index (χ1) is 32.8. The number of rotatable bonds is 2. The average molecular weight is 907 g/mol. The molecule has 2 aliphatic heterocycles. The molecule has 2 aliphatic carbocycles. The molecule has 4 aliphatic rings. The van der Waals surface area contributed by atoms with Crippen LogP contribution in [0.1, 0.15) is 49.9 Å². The molecule has 0 radical (unpaired) electrons. The van der Waals surface area contributed by atoms with Gasteiger partial charge in [0.15, 0.2) is 0 Å². The number of para-hydroxylation sites is 2. The molecular formula is C64H50O2Si2. The van der Waals surface area contributed by atoms with Gasteiger partial charge in [-0.3, -0.25) is 0 Å². The Morgan fingerprint density at radius 3 is 1.38 bits per heavy atom. The van der Waals surface area contributed by atoms with Crippen LogP contribution in [0.25, 0.3) is 111 Å². The Morgan fingerprint density at radius 2 is 0.794 bits per heavy atom. The molecule has 0 bridgehead atoms.